The smallest absolute Gasteiger partial charge is 0.208 e. The van der Waals surface area contributed by atoms with Gasteiger partial charge in [-0.1, -0.05) is 29.8 Å². The van der Waals surface area contributed by atoms with E-state index in [9.17, 15) is 0 Å². The van der Waals surface area contributed by atoms with Crippen LogP contribution in [0.2, 0.25) is 0 Å². The minimum absolute atomic E-state index is 0.739. The fraction of sp³-hybridized carbons (Fsp3) is 0.438. The van der Waals surface area contributed by atoms with Crippen molar-refractivity contribution in [3.05, 3.63) is 53.2 Å². The molecular formula is C16H23N3O. The second kappa shape index (κ2) is 7.22. The van der Waals surface area contributed by atoms with Gasteiger partial charge in [0, 0.05) is 6.54 Å². The molecule has 108 valence electrons. The van der Waals surface area contributed by atoms with E-state index in [0.29, 0.717) is 0 Å². The normalized spacial score (nSPS) is 11.2. The van der Waals surface area contributed by atoms with Crippen molar-refractivity contribution in [3.8, 4) is 0 Å². The second-order valence-corrected chi connectivity index (χ2v) is 5.38. The van der Waals surface area contributed by atoms with E-state index in [1.807, 2.05) is 19.0 Å². The number of aryl methyl sites for hydroxylation is 1. The number of hydrogen-bond donors (Lipinski definition) is 1. The molecule has 0 radical (unpaired) electrons. The van der Waals surface area contributed by atoms with E-state index < -0.39 is 0 Å². The summed E-state index contributed by atoms with van der Waals surface area (Å²) >= 11 is 0. The minimum atomic E-state index is 0.739. The van der Waals surface area contributed by atoms with E-state index >= 15 is 0 Å². The van der Waals surface area contributed by atoms with Gasteiger partial charge in [-0.2, -0.15) is 0 Å². The molecule has 0 unspecified atom stereocenters. The molecule has 0 saturated heterocycles. The quantitative estimate of drug-likeness (QED) is 0.786. The van der Waals surface area contributed by atoms with Gasteiger partial charge in [-0.05, 0) is 39.5 Å². The molecule has 0 spiro atoms. The third-order valence-corrected chi connectivity index (χ3v) is 3.07. The van der Waals surface area contributed by atoms with Gasteiger partial charge in [0.2, 0.25) is 5.89 Å². The molecule has 4 nitrogen and oxygen atoms in total. The van der Waals surface area contributed by atoms with Crippen LogP contribution in [0.4, 0.5) is 0 Å². The average molecular weight is 273 g/mol. The lowest BCUT2D eigenvalue weighted by Gasteiger charge is -2.04. The number of nitrogens with zero attached hydrogens (tertiary/aromatic N) is 2. The first-order valence-corrected chi connectivity index (χ1v) is 6.98. The Labute approximate surface area is 120 Å². The van der Waals surface area contributed by atoms with E-state index in [0.717, 1.165) is 37.6 Å². The average Bonchev–Trinajstić information content (AvgIpc) is 2.83. The van der Waals surface area contributed by atoms with Crippen molar-refractivity contribution in [3.63, 3.8) is 0 Å². The molecule has 0 saturated carbocycles. The van der Waals surface area contributed by atoms with Crippen LogP contribution in [-0.2, 0) is 19.5 Å². The zero-order valence-corrected chi connectivity index (χ0v) is 12.5. The summed E-state index contributed by atoms with van der Waals surface area (Å²) in [7, 11) is 4.01. The van der Waals surface area contributed by atoms with Crippen LogP contribution in [0.3, 0.4) is 0 Å². The Morgan fingerprint density at radius 1 is 1.20 bits per heavy atom. The van der Waals surface area contributed by atoms with E-state index in [-0.39, 0.29) is 0 Å². The Morgan fingerprint density at radius 2 is 1.95 bits per heavy atom. The number of nitrogens with one attached hydrogen (secondary N) is 1. The molecule has 4 heteroatoms. The van der Waals surface area contributed by atoms with Gasteiger partial charge in [0.15, 0.2) is 0 Å². The summed E-state index contributed by atoms with van der Waals surface area (Å²) in [6, 6.07) is 8.67. The topological polar surface area (TPSA) is 41.3 Å². The van der Waals surface area contributed by atoms with Crippen LogP contribution in [0.15, 0.2) is 34.9 Å². The van der Waals surface area contributed by atoms with Gasteiger partial charge in [0.1, 0.15) is 6.26 Å². The molecule has 0 aliphatic carbocycles. The van der Waals surface area contributed by atoms with Gasteiger partial charge >= 0.3 is 0 Å². The fourth-order valence-corrected chi connectivity index (χ4v) is 1.98. The third kappa shape index (κ3) is 4.79. The van der Waals surface area contributed by atoms with Crippen LogP contribution in [0.5, 0.6) is 0 Å². The Balaban J connectivity index is 1.70. The van der Waals surface area contributed by atoms with Gasteiger partial charge in [-0.25, -0.2) is 4.98 Å². The molecule has 1 N–H and O–H groups in total. The van der Waals surface area contributed by atoms with Crippen LogP contribution in [0.25, 0.3) is 0 Å². The summed E-state index contributed by atoms with van der Waals surface area (Å²) in [5.74, 6) is 0.769. The Bertz CT molecular complexity index is 517. The summed E-state index contributed by atoms with van der Waals surface area (Å²) in [5, 5.41) is 3.40. The molecule has 1 aromatic heterocycles. The molecule has 20 heavy (non-hydrogen) atoms. The Kier molecular flexibility index (Phi) is 5.32. The van der Waals surface area contributed by atoms with Gasteiger partial charge < -0.3 is 14.6 Å². The SMILES string of the molecule is Cc1ccc(CCNCc2coc(CN(C)C)n2)cc1. The van der Waals surface area contributed by atoms with Crippen molar-refractivity contribution in [2.75, 3.05) is 20.6 Å². The number of oxazole rings is 1. The molecule has 0 atom stereocenters. The molecule has 0 fully saturated rings. The number of aromatic nitrogens is 1. The summed E-state index contributed by atoms with van der Waals surface area (Å²) in [6.45, 7) is 4.54. The number of rotatable bonds is 7. The maximum atomic E-state index is 5.41. The zero-order chi connectivity index (χ0) is 14.4. The largest absolute Gasteiger partial charge is 0.447 e. The van der Waals surface area contributed by atoms with Crippen molar-refractivity contribution in [2.24, 2.45) is 0 Å². The van der Waals surface area contributed by atoms with Crippen molar-refractivity contribution < 1.29 is 4.42 Å². The van der Waals surface area contributed by atoms with Crippen LogP contribution >= 0.6 is 0 Å². The lowest BCUT2D eigenvalue weighted by atomic mass is 10.1. The van der Waals surface area contributed by atoms with Gasteiger partial charge in [-0.3, -0.25) is 0 Å². The molecular weight excluding hydrogens is 250 g/mol. The molecule has 0 bridgehead atoms. The fourth-order valence-electron chi connectivity index (χ4n) is 1.98. The highest BCUT2D eigenvalue weighted by Gasteiger charge is 2.04. The molecule has 2 rings (SSSR count). The highest BCUT2D eigenvalue weighted by atomic mass is 16.3. The molecule has 2 aromatic rings. The maximum Gasteiger partial charge on any atom is 0.208 e. The molecule has 0 amide bonds. The van der Waals surface area contributed by atoms with Gasteiger partial charge in [-0.15, -0.1) is 0 Å². The van der Waals surface area contributed by atoms with Crippen LogP contribution in [0, 0.1) is 6.92 Å². The van der Waals surface area contributed by atoms with E-state index in [1.54, 1.807) is 6.26 Å². The predicted octanol–water partition coefficient (Wildman–Crippen LogP) is 2.38. The monoisotopic (exact) mass is 273 g/mol. The molecule has 0 aliphatic heterocycles. The van der Waals surface area contributed by atoms with Crippen molar-refractivity contribution >= 4 is 0 Å². The summed E-state index contributed by atoms with van der Waals surface area (Å²) < 4.78 is 5.41. The maximum absolute atomic E-state index is 5.41. The van der Waals surface area contributed by atoms with Crippen LogP contribution in [-0.4, -0.2) is 30.5 Å². The minimum Gasteiger partial charge on any atom is -0.447 e. The van der Waals surface area contributed by atoms with Crippen molar-refractivity contribution in [1.82, 2.24) is 15.2 Å². The van der Waals surface area contributed by atoms with Gasteiger partial charge in [0.25, 0.3) is 0 Å². The standard InChI is InChI=1S/C16H23N3O/c1-13-4-6-14(7-5-13)8-9-17-10-15-12-20-16(18-15)11-19(2)3/h4-7,12,17H,8-11H2,1-3H3. The zero-order valence-electron chi connectivity index (χ0n) is 12.5. The van der Waals surface area contributed by atoms with Crippen molar-refractivity contribution in [1.29, 1.82) is 0 Å². The lowest BCUT2D eigenvalue weighted by Crippen LogP contribution is -2.17. The third-order valence-electron chi connectivity index (χ3n) is 3.07. The first-order valence-electron chi connectivity index (χ1n) is 6.98. The number of benzene rings is 1. The molecule has 0 aliphatic rings. The number of hydrogen-bond acceptors (Lipinski definition) is 4. The highest BCUT2D eigenvalue weighted by molar-refractivity contribution is 5.21. The van der Waals surface area contributed by atoms with Gasteiger partial charge in [0.05, 0.1) is 12.2 Å². The summed E-state index contributed by atoms with van der Waals surface area (Å²) in [6.07, 6.45) is 2.76. The van der Waals surface area contributed by atoms with Crippen LogP contribution in [0.1, 0.15) is 22.7 Å². The molecule has 1 aromatic carbocycles. The Hall–Kier alpha value is -1.65. The van der Waals surface area contributed by atoms with E-state index in [2.05, 4.69) is 41.5 Å². The predicted molar refractivity (Wildman–Crippen MR) is 80.5 cm³/mol. The summed E-state index contributed by atoms with van der Waals surface area (Å²) in [4.78, 5) is 6.48. The molecule has 1 heterocycles. The Morgan fingerprint density at radius 3 is 2.65 bits per heavy atom. The van der Waals surface area contributed by atoms with Crippen molar-refractivity contribution in [2.45, 2.75) is 26.4 Å². The first kappa shape index (κ1) is 14.8. The van der Waals surface area contributed by atoms with E-state index in [1.165, 1.54) is 11.1 Å². The second-order valence-electron chi connectivity index (χ2n) is 5.38. The highest BCUT2D eigenvalue weighted by Crippen LogP contribution is 2.05. The van der Waals surface area contributed by atoms with Crippen LogP contribution < -0.4 is 5.32 Å². The lowest BCUT2D eigenvalue weighted by molar-refractivity contribution is 0.341. The first-order chi connectivity index (χ1) is 9.63. The van der Waals surface area contributed by atoms with E-state index in [4.69, 9.17) is 4.42 Å². The summed E-state index contributed by atoms with van der Waals surface area (Å²) in [5.41, 5.74) is 3.63.